The maximum absolute atomic E-state index is 11.9. The predicted octanol–water partition coefficient (Wildman–Crippen LogP) is 2.96. The van der Waals surface area contributed by atoms with Crippen molar-refractivity contribution in [3.63, 3.8) is 0 Å². The minimum absolute atomic E-state index is 0.381. The molecule has 0 aliphatic carbocycles. The fourth-order valence-electron chi connectivity index (χ4n) is 2.43. The highest BCUT2D eigenvalue weighted by atomic mass is 16.5. The second kappa shape index (κ2) is 10.0. The normalized spacial score (nSPS) is 10.4. The Balaban J connectivity index is 1.88. The van der Waals surface area contributed by atoms with Gasteiger partial charge in [-0.2, -0.15) is 0 Å². The molecule has 0 radical (unpaired) electrons. The number of nitrogens with zero attached hydrogens (tertiary/aromatic N) is 1. The van der Waals surface area contributed by atoms with Crippen LogP contribution in [0, 0.1) is 0 Å². The Morgan fingerprint density at radius 1 is 1.04 bits per heavy atom. The number of esters is 1. The summed E-state index contributed by atoms with van der Waals surface area (Å²) >= 11 is 0. The van der Waals surface area contributed by atoms with Crippen LogP contribution in [0.4, 0.5) is 11.4 Å². The van der Waals surface area contributed by atoms with Crippen LogP contribution in [0.3, 0.4) is 0 Å². The highest BCUT2D eigenvalue weighted by Gasteiger charge is 2.09. The highest BCUT2D eigenvalue weighted by Crippen LogP contribution is 2.31. The van der Waals surface area contributed by atoms with Gasteiger partial charge in [0, 0.05) is 37.1 Å². The van der Waals surface area contributed by atoms with Crippen molar-refractivity contribution in [3.8, 4) is 11.5 Å². The summed E-state index contributed by atoms with van der Waals surface area (Å²) in [6.45, 7) is -0.381. The molecule has 0 aliphatic heterocycles. The highest BCUT2D eigenvalue weighted by molar-refractivity contribution is 5.94. The van der Waals surface area contributed by atoms with Crippen molar-refractivity contribution >= 4 is 29.3 Å². The molecule has 0 aliphatic rings. The maximum atomic E-state index is 11.9. The number of hydrogen-bond donors (Lipinski definition) is 1. The minimum atomic E-state index is -0.636. The van der Waals surface area contributed by atoms with Crippen LogP contribution in [-0.2, 0) is 14.3 Å². The number of methoxy groups -OCH3 is 2. The Hall–Kier alpha value is -3.48. The van der Waals surface area contributed by atoms with E-state index in [0.29, 0.717) is 22.7 Å². The lowest BCUT2D eigenvalue weighted by atomic mass is 10.1. The zero-order valence-electron chi connectivity index (χ0n) is 16.4. The Kier molecular flexibility index (Phi) is 7.45. The second-order valence-electron chi connectivity index (χ2n) is 6.01. The summed E-state index contributed by atoms with van der Waals surface area (Å²) in [7, 11) is 6.92. The number of anilines is 2. The number of benzene rings is 2. The molecule has 0 spiro atoms. The number of hydrogen-bond acceptors (Lipinski definition) is 6. The van der Waals surface area contributed by atoms with Gasteiger partial charge in [-0.15, -0.1) is 0 Å². The van der Waals surface area contributed by atoms with E-state index in [1.807, 2.05) is 31.1 Å². The third-order valence-electron chi connectivity index (χ3n) is 3.85. The first-order valence-corrected chi connectivity index (χ1v) is 8.57. The van der Waals surface area contributed by atoms with Crippen LogP contribution in [0.1, 0.15) is 5.56 Å². The van der Waals surface area contributed by atoms with Gasteiger partial charge in [0.1, 0.15) is 0 Å². The Labute approximate surface area is 164 Å². The standard InChI is InChI=1S/C21H24N2O5/c1-23(2)17-11-9-16(10-12-17)22-19(24)14-28-20(25)13-8-15-6-5-7-18(26-3)21(15)27-4/h5-13H,14H2,1-4H3,(H,22,24)/b13-8+. The van der Waals surface area contributed by atoms with Gasteiger partial charge in [0.15, 0.2) is 18.1 Å². The fraction of sp³-hybridized carbons (Fsp3) is 0.238. The van der Waals surface area contributed by atoms with E-state index >= 15 is 0 Å². The van der Waals surface area contributed by atoms with E-state index in [2.05, 4.69) is 5.32 Å². The summed E-state index contributed by atoms with van der Waals surface area (Å²) in [5.74, 6) is 0.00642. The van der Waals surface area contributed by atoms with E-state index in [4.69, 9.17) is 14.2 Å². The average molecular weight is 384 g/mol. The molecule has 2 aromatic carbocycles. The molecule has 1 amide bonds. The van der Waals surface area contributed by atoms with Gasteiger partial charge in [-0.3, -0.25) is 4.79 Å². The maximum Gasteiger partial charge on any atom is 0.331 e. The summed E-state index contributed by atoms with van der Waals surface area (Å²) in [6, 6.07) is 12.6. The first-order valence-electron chi connectivity index (χ1n) is 8.57. The Bertz CT molecular complexity index is 844. The van der Waals surface area contributed by atoms with Crippen molar-refractivity contribution in [2.45, 2.75) is 0 Å². The number of amides is 1. The zero-order chi connectivity index (χ0) is 20.5. The Morgan fingerprint density at radius 3 is 2.36 bits per heavy atom. The SMILES string of the molecule is COc1cccc(/C=C/C(=O)OCC(=O)Nc2ccc(N(C)C)cc2)c1OC. The van der Waals surface area contributed by atoms with Crippen molar-refractivity contribution in [3.05, 3.63) is 54.1 Å². The molecular formula is C21H24N2O5. The third kappa shape index (κ3) is 5.77. The summed E-state index contributed by atoms with van der Waals surface area (Å²) in [6.07, 6.45) is 2.78. The van der Waals surface area contributed by atoms with E-state index in [-0.39, 0.29) is 6.61 Å². The van der Waals surface area contributed by atoms with E-state index in [0.717, 1.165) is 5.69 Å². The molecule has 0 aromatic heterocycles. The molecule has 2 aromatic rings. The van der Waals surface area contributed by atoms with E-state index in [1.54, 1.807) is 36.4 Å². The second-order valence-corrected chi connectivity index (χ2v) is 6.01. The molecule has 0 atom stereocenters. The van der Waals surface area contributed by atoms with Crippen molar-refractivity contribution in [2.75, 3.05) is 45.1 Å². The number of nitrogens with one attached hydrogen (secondary N) is 1. The van der Waals surface area contributed by atoms with Gasteiger partial charge in [0.25, 0.3) is 5.91 Å². The molecule has 0 saturated heterocycles. The molecule has 7 nitrogen and oxygen atoms in total. The van der Waals surface area contributed by atoms with Crippen molar-refractivity contribution < 1.29 is 23.8 Å². The predicted molar refractivity (Wildman–Crippen MR) is 109 cm³/mol. The Morgan fingerprint density at radius 2 is 1.75 bits per heavy atom. The number of carbonyl (C=O) groups excluding carboxylic acids is 2. The van der Waals surface area contributed by atoms with E-state index in [1.165, 1.54) is 20.3 Å². The summed E-state index contributed by atoms with van der Waals surface area (Å²) in [5.41, 5.74) is 2.30. The van der Waals surface area contributed by atoms with Crippen molar-refractivity contribution in [1.82, 2.24) is 0 Å². The van der Waals surface area contributed by atoms with Crippen LogP contribution < -0.4 is 19.7 Å². The topological polar surface area (TPSA) is 77.1 Å². The van der Waals surface area contributed by atoms with Gasteiger partial charge in [-0.05, 0) is 36.4 Å². The number of para-hydroxylation sites is 1. The smallest absolute Gasteiger partial charge is 0.331 e. The van der Waals surface area contributed by atoms with Crippen LogP contribution >= 0.6 is 0 Å². The molecular weight excluding hydrogens is 360 g/mol. The van der Waals surface area contributed by atoms with Crippen LogP contribution in [-0.4, -0.2) is 46.8 Å². The lowest BCUT2D eigenvalue weighted by molar-refractivity contribution is -0.142. The fourth-order valence-corrected chi connectivity index (χ4v) is 2.43. The monoisotopic (exact) mass is 384 g/mol. The molecule has 1 N–H and O–H groups in total. The zero-order valence-corrected chi connectivity index (χ0v) is 16.4. The van der Waals surface area contributed by atoms with Gasteiger partial charge in [0.2, 0.25) is 0 Å². The molecule has 0 saturated carbocycles. The summed E-state index contributed by atoms with van der Waals surface area (Å²) < 4.78 is 15.5. The molecule has 0 bridgehead atoms. The quantitative estimate of drug-likeness (QED) is 0.557. The first-order chi connectivity index (χ1) is 13.4. The minimum Gasteiger partial charge on any atom is -0.493 e. The van der Waals surface area contributed by atoms with Gasteiger partial charge in [-0.25, -0.2) is 4.79 Å². The van der Waals surface area contributed by atoms with Crippen LogP contribution in [0.2, 0.25) is 0 Å². The van der Waals surface area contributed by atoms with E-state index < -0.39 is 11.9 Å². The summed E-state index contributed by atoms with van der Waals surface area (Å²) in [4.78, 5) is 25.8. The number of rotatable bonds is 8. The van der Waals surface area contributed by atoms with Crippen LogP contribution in [0.25, 0.3) is 6.08 Å². The molecule has 0 fully saturated rings. The molecule has 28 heavy (non-hydrogen) atoms. The third-order valence-corrected chi connectivity index (χ3v) is 3.85. The number of carbonyl (C=O) groups is 2. The van der Waals surface area contributed by atoms with Gasteiger partial charge in [-0.1, -0.05) is 12.1 Å². The van der Waals surface area contributed by atoms with Gasteiger partial charge >= 0.3 is 5.97 Å². The van der Waals surface area contributed by atoms with Crippen LogP contribution in [0.5, 0.6) is 11.5 Å². The van der Waals surface area contributed by atoms with Gasteiger partial charge in [0.05, 0.1) is 14.2 Å². The lowest BCUT2D eigenvalue weighted by Crippen LogP contribution is -2.20. The van der Waals surface area contributed by atoms with Crippen LogP contribution in [0.15, 0.2) is 48.5 Å². The molecule has 0 unspecified atom stereocenters. The first kappa shape index (κ1) is 20.8. The molecule has 148 valence electrons. The van der Waals surface area contributed by atoms with Crippen molar-refractivity contribution in [1.29, 1.82) is 0 Å². The summed E-state index contributed by atoms with van der Waals surface area (Å²) in [5, 5.41) is 2.68. The largest absolute Gasteiger partial charge is 0.493 e. The molecule has 0 heterocycles. The number of ether oxygens (including phenoxy) is 3. The molecule has 7 heteroatoms. The van der Waals surface area contributed by atoms with Gasteiger partial charge < -0.3 is 24.4 Å². The average Bonchev–Trinajstić information content (AvgIpc) is 2.70. The van der Waals surface area contributed by atoms with E-state index in [9.17, 15) is 9.59 Å². The van der Waals surface area contributed by atoms with Crippen molar-refractivity contribution in [2.24, 2.45) is 0 Å². The molecule has 2 rings (SSSR count). The lowest BCUT2D eigenvalue weighted by Gasteiger charge is -2.13.